The highest BCUT2D eigenvalue weighted by Gasteiger charge is 2.34. The van der Waals surface area contributed by atoms with E-state index in [9.17, 15) is 10.2 Å². The van der Waals surface area contributed by atoms with Crippen LogP contribution in [0.1, 0.15) is 57.6 Å². The molecule has 0 bridgehead atoms. The van der Waals surface area contributed by atoms with Crippen LogP contribution in [-0.2, 0) is 0 Å². The molecule has 1 fully saturated rings. The second-order valence-electron chi connectivity index (χ2n) is 7.00. The minimum atomic E-state index is -0.685. The van der Waals surface area contributed by atoms with E-state index in [0.29, 0.717) is 24.5 Å². The van der Waals surface area contributed by atoms with Crippen LogP contribution in [0.5, 0.6) is 11.5 Å². The van der Waals surface area contributed by atoms with E-state index in [2.05, 4.69) is 0 Å². The molecule has 0 amide bonds. The zero-order chi connectivity index (χ0) is 15.1. The first-order valence-electron chi connectivity index (χ1n) is 7.73. The van der Waals surface area contributed by atoms with Crippen molar-refractivity contribution in [1.29, 1.82) is 0 Å². The van der Waals surface area contributed by atoms with E-state index >= 15 is 0 Å². The molecular formula is C17H24O4. The molecule has 0 radical (unpaired) electrons. The normalized spacial score (nSPS) is 26.0. The highest BCUT2D eigenvalue weighted by molar-refractivity contribution is 5.43. The predicted molar refractivity (Wildman–Crippen MR) is 79.6 cm³/mol. The SMILES string of the molecule is CC1(C)CC(O)c2ccc(OCC3(O)CCCC3)cc2O1. The van der Waals surface area contributed by atoms with Gasteiger partial charge in [-0.25, -0.2) is 0 Å². The van der Waals surface area contributed by atoms with E-state index in [0.717, 1.165) is 31.2 Å². The van der Waals surface area contributed by atoms with Crippen molar-refractivity contribution in [3.63, 3.8) is 0 Å². The second-order valence-corrected chi connectivity index (χ2v) is 7.00. The Morgan fingerprint density at radius 3 is 2.71 bits per heavy atom. The second kappa shape index (κ2) is 5.18. The fourth-order valence-corrected chi connectivity index (χ4v) is 3.28. The van der Waals surface area contributed by atoms with E-state index < -0.39 is 11.7 Å². The molecule has 1 aliphatic carbocycles. The van der Waals surface area contributed by atoms with Gasteiger partial charge in [-0.05, 0) is 38.8 Å². The summed E-state index contributed by atoms with van der Waals surface area (Å²) in [6.07, 6.45) is 3.82. The lowest BCUT2D eigenvalue weighted by molar-refractivity contribution is -0.000523. The Morgan fingerprint density at radius 2 is 2.00 bits per heavy atom. The van der Waals surface area contributed by atoms with Gasteiger partial charge in [-0.15, -0.1) is 0 Å². The third kappa shape index (κ3) is 3.16. The van der Waals surface area contributed by atoms with Gasteiger partial charge < -0.3 is 19.7 Å². The molecule has 2 N–H and O–H groups in total. The lowest BCUT2D eigenvalue weighted by Gasteiger charge is -2.35. The first kappa shape index (κ1) is 14.7. The van der Waals surface area contributed by atoms with E-state index in [4.69, 9.17) is 9.47 Å². The summed E-state index contributed by atoms with van der Waals surface area (Å²) >= 11 is 0. The standard InChI is InChI=1S/C17H24O4/c1-16(2)10-14(18)13-6-5-12(9-15(13)21-16)20-11-17(19)7-3-4-8-17/h5-6,9,14,18-19H,3-4,7-8,10-11H2,1-2H3. The molecule has 1 unspecified atom stereocenters. The number of hydrogen-bond donors (Lipinski definition) is 2. The Hall–Kier alpha value is -1.26. The van der Waals surface area contributed by atoms with Crippen LogP contribution in [0.2, 0.25) is 0 Å². The Kier molecular flexibility index (Phi) is 3.62. The topological polar surface area (TPSA) is 58.9 Å². The summed E-state index contributed by atoms with van der Waals surface area (Å²) in [6, 6.07) is 5.50. The molecule has 1 aromatic rings. The maximum Gasteiger partial charge on any atom is 0.129 e. The van der Waals surface area contributed by atoms with Crippen molar-refractivity contribution in [2.75, 3.05) is 6.61 Å². The molecule has 1 saturated carbocycles. The molecule has 116 valence electrons. The molecule has 4 heteroatoms. The number of fused-ring (bicyclic) bond motifs is 1. The van der Waals surface area contributed by atoms with Crippen LogP contribution in [0.3, 0.4) is 0 Å². The average molecular weight is 292 g/mol. The van der Waals surface area contributed by atoms with Crippen molar-refractivity contribution in [2.24, 2.45) is 0 Å². The number of rotatable bonds is 3. The molecule has 4 nitrogen and oxygen atoms in total. The summed E-state index contributed by atoms with van der Waals surface area (Å²) in [5.41, 5.74) is -0.259. The molecular weight excluding hydrogens is 268 g/mol. The number of hydrogen-bond acceptors (Lipinski definition) is 4. The van der Waals surface area contributed by atoms with Crippen LogP contribution in [-0.4, -0.2) is 28.0 Å². The van der Waals surface area contributed by atoms with Crippen molar-refractivity contribution in [3.8, 4) is 11.5 Å². The highest BCUT2D eigenvalue weighted by atomic mass is 16.5. The Labute approximate surface area is 125 Å². The summed E-state index contributed by atoms with van der Waals surface area (Å²) in [6.45, 7) is 4.25. The molecule has 1 heterocycles. The summed E-state index contributed by atoms with van der Waals surface area (Å²) in [5, 5.41) is 20.5. The molecule has 21 heavy (non-hydrogen) atoms. The van der Waals surface area contributed by atoms with E-state index in [1.807, 2.05) is 32.0 Å². The fraction of sp³-hybridized carbons (Fsp3) is 0.647. The minimum absolute atomic E-state index is 0.317. The van der Waals surface area contributed by atoms with Gasteiger partial charge in [0.25, 0.3) is 0 Å². The lowest BCUT2D eigenvalue weighted by Crippen LogP contribution is -2.35. The van der Waals surface area contributed by atoms with Crippen LogP contribution in [0, 0.1) is 0 Å². The van der Waals surface area contributed by atoms with E-state index in [1.165, 1.54) is 0 Å². The molecule has 0 spiro atoms. The van der Waals surface area contributed by atoms with Gasteiger partial charge in [-0.2, -0.15) is 0 Å². The van der Waals surface area contributed by atoms with Gasteiger partial charge in [0.2, 0.25) is 0 Å². The maximum absolute atomic E-state index is 10.3. The van der Waals surface area contributed by atoms with Crippen molar-refractivity contribution >= 4 is 0 Å². The molecule has 0 aromatic heterocycles. The van der Waals surface area contributed by atoms with Crippen LogP contribution < -0.4 is 9.47 Å². The van der Waals surface area contributed by atoms with Gasteiger partial charge >= 0.3 is 0 Å². The summed E-state index contributed by atoms with van der Waals surface area (Å²) < 4.78 is 11.7. The quantitative estimate of drug-likeness (QED) is 0.899. The highest BCUT2D eigenvalue weighted by Crippen LogP contribution is 2.41. The Balaban J connectivity index is 1.73. The van der Waals surface area contributed by atoms with Gasteiger partial charge in [0.05, 0.1) is 11.7 Å². The number of aliphatic hydroxyl groups excluding tert-OH is 1. The van der Waals surface area contributed by atoms with Gasteiger partial charge in [0.15, 0.2) is 0 Å². The smallest absolute Gasteiger partial charge is 0.129 e. The largest absolute Gasteiger partial charge is 0.490 e. The molecule has 1 aliphatic heterocycles. The first-order chi connectivity index (χ1) is 9.87. The van der Waals surface area contributed by atoms with Gasteiger partial charge in [0.1, 0.15) is 23.7 Å². The number of ether oxygens (including phenoxy) is 2. The third-order valence-corrected chi connectivity index (χ3v) is 4.46. The van der Waals surface area contributed by atoms with E-state index in [1.54, 1.807) is 0 Å². The monoisotopic (exact) mass is 292 g/mol. The summed E-state index contributed by atoms with van der Waals surface area (Å²) in [7, 11) is 0. The van der Waals surface area contributed by atoms with Crippen molar-refractivity contribution in [2.45, 2.75) is 63.3 Å². The minimum Gasteiger partial charge on any atom is -0.490 e. The fourth-order valence-electron chi connectivity index (χ4n) is 3.28. The zero-order valence-electron chi connectivity index (χ0n) is 12.8. The van der Waals surface area contributed by atoms with E-state index in [-0.39, 0.29) is 5.60 Å². The van der Waals surface area contributed by atoms with Crippen LogP contribution in [0.4, 0.5) is 0 Å². The summed E-state index contributed by atoms with van der Waals surface area (Å²) in [4.78, 5) is 0. The Morgan fingerprint density at radius 1 is 1.29 bits per heavy atom. The molecule has 1 atom stereocenters. The van der Waals surface area contributed by atoms with Gasteiger partial charge in [-0.3, -0.25) is 0 Å². The molecule has 1 aromatic carbocycles. The number of benzene rings is 1. The lowest BCUT2D eigenvalue weighted by atomic mass is 9.92. The van der Waals surface area contributed by atoms with Crippen molar-refractivity contribution in [3.05, 3.63) is 23.8 Å². The molecule has 3 rings (SSSR count). The maximum atomic E-state index is 10.3. The summed E-state index contributed by atoms with van der Waals surface area (Å²) in [5.74, 6) is 1.36. The van der Waals surface area contributed by atoms with Crippen LogP contribution in [0.25, 0.3) is 0 Å². The average Bonchev–Trinajstić information content (AvgIpc) is 2.82. The third-order valence-electron chi connectivity index (χ3n) is 4.46. The van der Waals surface area contributed by atoms with Crippen LogP contribution in [0.15, 0.2) is 18.2 Å². The van der Waals surface area contributed by atoms with Crippen molar-refractivity contribution in [1.82, 2.24) is 0 Å². The van der Waals surface area contributed by atoms with Gasteiger partial charge in [-0.1, -0.05) is 12.8 Å². The molecule has 0 saturated heterocycles. The van der Waals surface area contributed by atoms with Crippen LogP contribution >= 0.6 is 0 Å². The zero-order valence-corrected chi connectivity index (χ0v) is 12.8. The first-order valence-corrected chi connectivity index (χ1v) is 7.73. The predicted octanol–water partition coefficient (Wildman–Crippen LogP) is 2.97. The Bertz CT molecular complexity index is 518. The van der Waals surface area contributed by atoms with Gasteiger partial charge in [0, 0.05) is 18.1 Å². The number of aliphatic hydroxyl groups is 2. The molecule has 2 aliphatic rings. The van der Waals surface area contributed by atoms with Crippen molar-refractivity contribution < 1.29 is 19.7 Å².